The van der Waals surface area contributed by atoms with Crippen LogP contribution < -0.4 is 0 Å². The zero-order chi connectivity index (χ0) is 24.8. The molecule has 0 saturated heterocycles. The lowest BCUT2D eigenvalue weighted by atomic mass is 9.80. The van der Waals surface area contributed by atoms with Crippen LogP contribution in [-0.4, -0.2) is 0 Å². The standard InChI is InChI=1S/C36H20S2/c1-3-11-23-21(9-1)22-10-2-4-12-24(22)30-20-36-32(26-14-6-8-16-34(26)38-36)18-28(30)27-17-31-25-13-5-7-15-33(25)37-35(31)19-29(23)27/h1-20H. The third-order valence-electron chi connectivity index (χ3n) is 8.05. The lowest BCUT2D eigenvalue weighted by Crippen LogP contribution is -1.97. The topological polar surface area (TPSA) is 0 Å². The van der Waals surface area contributed by atoms with E-state index >= 15 is 0 Å². The summed E-state index contributed by atoms with van der Waals surface area (Å²) in [7, 11) is 0. The highest BCUT2D eigenvalue weighted by Gasteiger charge is 2.24. The summed E-state index contributed by atoms with van der Waals surface area (Å²) in [5.41, 5.74) is 10.5. The Balaban J connectivity index is 1.51. The molecule has 176 valence electrons. The molecule has 0 bridgehead atoms. The molecule has 0 nitrogen and oxygen atoms in total. The van der Waals surface area contributed by atoms with Crippen LogP contribution in [0.3, 0.4) is 0 Å². The van der Waals surface area contributed by atoms with Gasteiger partial charge in [0.2, 0.25) is 0 Å². The van der Waals surface area contributed by atoms with Crippen molar-refractivity contribution >= 4 is 63.0 Å². The molecule has 2 heteroatoms. The van der Waals surface area contributed by atoms with E-state index in [4.69, 9.17) is 0 Å². The number of hydrogen-bond donors (Lipinski definition) is 0. The fourth-order valence-corrected chi connectivity index (χ4v) is 8.59. The monoisotopic (exact) mass is 516 g/mol. The molecule has 0 radical (unpaired) electrons. The second kappa shape index (κ2) is 7.64. The van der Waals surface area contributed by atoms with E-state index in [9.17, 15) is 0 Å². The normalized spacial score (nSPS) is 12.2. The van der Waals surface area contributed by atoms with Gasteiger partial charge in [0.1, 0.15) is 0 Å². The maximum absolute atomic E-state index is 2.47. The highest BCUT2D eigenvalue weighted by Crippen LogP contribution is 2.52. The van der Waals surface area contributed by atoms with E-state index in [1.165, 1.54) is 84.9 Å². The Bertz CT molecular complexity index is 2080. The van der Waals surface area contributed by atoms with Gasteiger partial charge in [-0.05, 0) is 80.9 Å². The number of fused-ring (bicyclic) bond motifs is 14. The molecule has 0 spiro atoms. The molecule has 1 aliphatic carbocycles. The van der Waals surface area contributed by atoms with Gasteiger partial charge in [0.05, 0.1) is 0 Å². The number of rotatable bonds is 0. The van der Waals surface area contributed by atoms with Gasteiger partial charge in [-0.15, -0.1) is 22.7 Å². The lowest BCUT2D eigenvalue weighted by molar-refractivity contribution is 1.55. The highest BCUT2D eigenvalue weighted by atomic mass is 32.1. The zero-order valence-electron chi connectivity index (χ0n) is 20.4. The summed E-state index contributed by atoms with van der Waals surface area (Å²) in [5, 5.41) is 5.37. The molecule has 0 N–H and O–H groups in total. The van der Waals surface area contributed by atoms with Crippen LogP contribution >= 0.6 is 22.7 Å². The molecule has 0 aliphatic heterocycles. The number of benzene rings is 6. The molecule has 1 aliphatic rings. The summed E-state index contributed by atoms with van der Waals surface area (Å²) in [5.74, 6) is 0. The Morgan fingerprint density at radius 3 is 1.05 bits per heavy atom. The molecule has 2 aromatic heterocycles. The first-order valence-electron chi connectivity index (χ1n) is 12.9. The summed E-state index contributed by atoms with van der Waals surface area (Å²) in [6, 6.07) is 45.3. The van der Waals surface area contributed by atoms with Gasteiger partial charge in [-0.3, -0.25) is 0 Å². The minimum atomic E-state index is 1.30. The van der Waals surface area contributed by atoms with Gasteiger partial charge in [-0.2, -0.15) is 0 Å². The summed E-state index contributed by atoms with van der Waals surface area (Å²) in [6.45, 7) is 0. The molecule has 6 aromatic carbocycles. The van der Waals surface area contributed by atoms with Gasteiger partial charge in [-0.1, -0.05) is 84.9 Å². The quantitative estimate of drug-likeness (QED) is 0.188. The molecular formula is C36H20S2. The van der Waals surface area contributed by atoms with Crippen molar-refractivity contribution in [2.45, 2.75) is 0 Å². The molecule has 8 aromatic rings. The SMILES string of the molecule is c1ccc2c(c1)-c1ccccc1-c1cc3sc4ccccc4c3cc1-c1cc3c(cc1-2)sc1ccccc13. The number of thiophene rings is 2. The third-order valence-corrected chi connectivity index (χ3v) is 10.3. The first-order chi connectivity index (χ1) is 18.8. The van der Waals surface area contributed by atoms with E-state index in [0.717, 1.165) is 0 Å². The van der Waals surface area contributed by atoms with Crippen LogP contribution in [0.1, 0.15) is 0 Å². The van der Waals surface area contributed by atoms with E-state index < -0.39 is 0 Å². The first kappa shape index (κ1) is 20.8. The van der Waals surface area contributed by atoms with Crippen molar-refractivity contribution in [3.05, 3.63) is 121 Å². The Labute approximate surface area is 228 Å². The Kier molecular flexibility index (Phi) is 4.18. The minimum Gasteiger partial charge on any atom is -0.135 e. The predicted molar refractivity (Wildman–Crippen MR) is 168 cm³/mol. The zero-order valence-corrected chi connectivity index (χ0v) is 22.0. The maximum Gasteiger partial charge on any atom is 0.0362 e. The summed E-state index contributed by atoms with van der Waals surface area (Å²) < 4.78 is 5.38. The van der Waals surface area contributed by atoms with Gasteiger partial charge in [-0.25, -0.2) is 0 Å². The first-order valence-corrected chi connectivity index (χ1v) is 14.6. The summed E-state index contributed by atoms with van der Waals surface area (Å²) in [4.78, 5) is 0. The maximum atomic E-state index is 2.47. The van der Waals surface area contributed by atoms with Crippen LogP contribution in [0.2, 0.25) is 0 Å². The molecular weight excluding hydrogens is 497 g/mol. The van der Waals surface area contributed by atoms with Crippen LogP contribution in [0, 0.1) is 0 Å². The predicted octanol–water partition coefficient (Wildman–Crippen LogP) is 11.4. The Morgan fingerprint density at radius 2 is 0.605 bits per heavy atom. The average Bonchev–Trinajstić information content (AvgIpc) is 3.52. The summed E-state index contributed by atoms with van der Waals surface area (Å²) in [6.07, 6.45) is 0. The molecule has 0 amide bonds. The van der Waals surface area contributed by atoms with E-state index in [1.54, 1.807) is 0 Å². The van der Waals surface area contributed by atoms with Gasteiger partial charge < -0.3 is 0 Å². The second-order valence-electron chi connectivity index (χ2n) is 10.1. The van der Waals surface area contributed by atoms with Crippen molar-refractivity contribution in [1.29, 1.82) is 0 Å². The van der Waals surface area contributed by atoms with E-state index in [2.05, 4.69) is 121 Å². The lowest BCUT2D eigenvalue weighted by Gasteiger charge is -2.23. The molecule has 0 unspecified atom stereocenters. The van der Waals surface area contributed by atoms with Crippen LogP contribution in [0.5, 0.6) is 0 Å². The Morgan fingerprint density at radius 1 is 0.263 bits per heavy atom. The molecule has 38 heavy (non-hydrogen) atoms. The van der Waals surface area contributed by atoms with Crippen molar-refractivity contribution < 1.29 is 0 Å². The largest absolute Gasteiger partial charge is 0.135 e. The van der Waals surface area contributed by atoms with Gasteiger partial charge in [0.15, 0.2) is 0 Å². The summed E-state index contributed by atoms with van der Waals surface area (Å²) >= 11 is 3.79. The third kappa shape index (κ3) is 2.79. The van der Waals surface area contributed by atoms with E-state index in [0.29, 0.717) is 0 Å². The van der Waals surface area contributed by atoms with Gasteiger partial charge >= 0.3 is 0 Å². The van der Waals surface area contributed by atoms with Crippen molar-refractivity contribution in [1.82, 2.24) is 0 Å². The molecule has 0 saturated carbocycles. The number of hydrogen-bond acceptors (Lipinski definition) is 2. The average molecular weight is 517 g/mol. The van der Waals surface area contributed by atoms with Crippen molar-refractivity contribution in [3.8, 4) is 44.5 Å². The molecule has 2 heterocycles. The Hall–Kier alpha value is -4.24. The smallest absolute Gasteiger partial charge is 0.0362 e. The van der Waals surface area contributed by atoms with Crippen LogP contribution in [0.15, 0.2) is 121 Å². The fourth-order valence-electron chi connectivity index (χ4n) is 6.34. The van der Waals surface area contributed by atoms with E-state index in [1.807, 2.05) is 22.7 Å². The fraction of sp³-hybridized carbons (Fsp3) is 0. The second-order valence-corrected chi connectivity index (χ2v) is 12.2. The highest BCUT2D eigenvalue weighted by molar-refractivity contribution is 7.26. The van der Waals surface area contributed by atoms with Crippen LogP contribution in [-0.2, 0) is 0 Å². The molecule has 9 rings (SSSR count). The van der Waals surface area contributed by atoms with Crippen LogP contribution in [0.4, 0.5) is 0 Å². The minimum absolute atomic E-state index is 1.30. The van der Waals surface area contributed by atoms with Crippen molar-refractivity contribution in [2.75, 3.05) is 0 Å². The van der Waals surface area contributed by atoms with E-state index in [-0.39, 0.29) is 0 Å². The molecule has 0 fully saturated rings. The van der Waals surface area contributed by atoms with Crippen LogP contribution in [0.25, 0.3) is 84.9 Å². The van der Waals surface area contributed by atoms with Gasteiger partial charge in [0, 0.05) is 40.3 Å². The van der Waals surface area contributed by atoms with Crippen molar-refractivity contribution in [3.63, 3.8) is 0 Å². The van der Waals surface area contributed by atoms with Gasteiger partial charge in [0.25, 0.3) is 0 Å². The van der Waals surface area contributed by atoms with Crippen molar-refractivity contribution in [2.24, 2.45) is 0 Å². The molecule has 0 atom stereocenters.